The van der Waals surface area contributed by atoms with Crippen molar-refractivity contribution in [2.24, 2.45) is 12.1 Å². The van der Waals surface area contributed by atoms with Gasteiger partial charge in [-0.3, -0.25) is 14.3 Å². The summed E-state index contributed by atoms with van der Waals surface area (Å²) in [4.78, 5) is 31.2. The topological polar surface area (TPSA) is 138 Å². The van der Waals surface area contributed by atoms with Crippen LogP contribution in [0.4, 0.5) is 5.95 Å². The quantitative estimate of drug-likeness (QED) is 0.205. The van der Waals surface area contributed by atoms with Gasteiger partial charge in [-0.25, -0.2) is 10.2 Å². The maximum Gasteiger partial charge on any atom is 0.329 e. The molecule has 0 fully saturated rings. The van der Waals surface area contributed by atoms with Crippen LogP contribution in [0, 0.1) is 0 Å². The number of aromatic amines is 1. The summed E-state index contributed by atoms with van der Waals surface area (Å²) in [5, 5.41) is 23.4. The van der Waals surface area contributed by atoms with Crippen LogP contribution in [0.2, 0.25) is 0 Å². The molecular formula is C22H30N6O4. The molecule has 0 atom stereocenters. The van der Waals surface area contributed by atoms with Crippen molar-refractivity contribution >= 4 is 23.3 Å². The highest BCUT2D eigenvalue weighted by molar-refractivity contribution is 5.84. The molecule has 0 aliphatic carbocycles. The third-order valence-corrected chi connectivity index (χ3v) is 5.37. The fourth-order valence-corrected chi connectivity index (χ4v) is 3.57. The molecule has 2 heterocycles. The SMILES string of the molecule is CCCCCCCCCn1c(N/N=C\c2ccc(O)cc2O)nc2c1c(=O)[nH]c(=O)n2C. The first-order valence-electron chi connectivity index (χ1n) is 10.9. The van der Waals surface area contributed by atoms with Gasteiger partial charge in [-0.05, 0) is 18.6 Å². The summed E-state index contributed by atoms with van der Waals surface area (Å²) in [6, 6.07) is 4.17. The zero-order valence-electron chi connectivity index (χ0n) is 18.5. The van der Waals surface area contributed by atoms with E-state index in [-0.39, 0.29) is 17.1 Å². The Morgan fingerprint density at radius 1 is 1.12 bits per heavy atom. The van der Waals surface area contributed by atoms with Crippen LogP contribution in [-0.2, 0) is 13.6 Å². The van der Waals surface area contributed by atoms with Crippen LogP contribution in [0.1, 0.15) is 57.4 Å². The Bertz CT molecular complexity index is 1210. The number of nitrogens with one attached hydrogen (secondary N) is 2. The van der Waals surface area contributed by atoms with Crippen molar-refractivity contribution in [3.05, 3.63) is 44.6 Å². The summed E-state index contributed by atoms with van der Waals surface area (Å²) < 4.78 is 3.02. The van der Waals surface area contributed by atoms with E-state index >= 15 is 0 Å². The molecule has 0 aliphatic heterocycles. The van der Waals surface area contributed by atoms with Crippen LogP contribution in [-0.4, -0.2) is 35.5 Å². The maximum absolute atomic E-state index is 12.5. The number of anilines is 1. The number of nitrogens with zero attached hydrogens (tertiary/aromatic N) is 4. The van der Waals surface area contributed by atoms with Gasteiger partial charge < -0.3 is 14.8 Å². The van der Waals surface area contributed by atoms with Crippen molar-refractivity contribution in [3.63, 3.8) is 0 Å². The Hall–Kier alpha value is -3.56. The maximum atomic E-state index is 12.5. The van der Waals surface area contributed by atoms with Crippen molar-refractivity contribution in [3.8, 4) is 11.5 Å². The first-order valence-corrected chi connectivity index (χ1v) is 10.9. The lowest BCUT2D eigenvalue weighted by atomic mass is 10.1. The predicted molar refractivity (Wildman–Crippen MR) is 125 cm³/mol. The molecule has 2 aromatic heterocycles. The lowest BCUT2D eigenvalue weighted by Crippen LogP contribution is -2.29. The Labute approximate surface area is 185 Å². The number of imidazole rings is 1. The van der Waals surface area contributed by atoms with E-state index in [1.54, 1.807) is 11.6 Å². The van der Waals surface area contributed by atoms with Crippen molar-refractivity contribution in [2.45, 2.75) is 58.4 Å². The highest BCUT2D eigenvalue weighted by Gasteiger charge is 2.17. The minimum absolute atomic E-state index is 0.0516. The highest BCUT2D eigenvalue weighted by atomic mass is 16.3. The van der Waals surface area contributed by atoms with Crippen molar-refractivity contribution in [1.29, 1.82) is 0 Å². The first kappa shape index (κ1) is 23.1. The average molecular weight is 443 g/mol. The fourth-order valence-electron chi connectivity index (χ4n) is 3.57. The third kappa shape index (κ3) is 5.37. The Morgan fingerprint density at radius 2 is 1.84 bits per heavy atom. The first-order chi connectivity index (χ1) is 15.4. The second-order valence-corrected chi connectivity index (χ2v) is 7.81. The van der Waals surface area contributed by atoms with E-state index in [1.165, 1.54) is 54.7 Å². The van der Waals surface area contributed by atoms with Gasteiger partial charge in [0.2, 0.25) is 5.95 Å². The molecule has 0 radical (unpaired) electrons. The molecule has 3 rings (SSSR count). The largest absolute Gasteiger partial charge is 0.508 e. The Morgan fingerprint density at radius 3 is 2.56 bits per heavy atom. The Balaban J connectivity index is 1.82. The minimum atomic E-state index is -0.535. The summed E-state index contributed by atoms with van der Waals surface area (Å²) in [6.45, 7) is 2.74. The van der Waals surface area contributed by atoms with Crippen LogP contribution in [0.3, 0.4) is 0 Å². The van der Waals surface area contributed by atoms with Gasteiger partial charge >= 0.3 is 5.69 Å². The van der Waals surface area contributed by atoms with Crippen LogP contribution >= 0.6 is 0 Å². The lowest BCUT2D eigenvalue weighted by molar-refractivity contribution is 0.450. The van der Waals surface area contributed by atoms with E-state index in [4.69, 9.17) is 0 Å². The van der Waals surface area contributed by atoms with Crippen molar-refractivity contribution < 1.29 is 10.2 Å². The summed E-state index contributed by atoms with van der Waals surface area (Å²) >= 11 is 0. The molecule has 0 saturated carbocycles. The number of aromatic nitrogens is 4. The van der Waals surface area contributed by atoms with Gasteiger partial charge in [0.25, 0.3) is 5.56 Å². The molecule has 10 nitrogen and oxygen atoms in total. The molecule has 172 valence electrons. The molecule has 0 saturated heterocycles. The van der Waals surface area contributed by atoms with E-state index < -0.39 is 11.2 Å². The highest BCUT2D eigenvalue weighted by Crippen LogP contribution is 2.21. The second kappa shape index (κ2) is 10.7. The second-order valence-electron chi connectivity index (χ2n) is 7.81. The van der Waals surface area contributed by atoms with Crippen molar-refractivity contribution in [1.82, 2.24) is 19.1 Å². The monoisotopic (exact) mass is 442 g/mol. The van der Waals surface area contributed by atoms with Gasteiger partial charge in [0.05, 0.1) is 6.21 Å². The number of phenols is 2. The zero-order valence-corrected chi connectivity index (χ0v) is 18.5. The summed E-state index contributed by atoms with van der Waals surface area (Å²) in [5.41, 5.74) is 2.76. The predicted octanol–water partition coefficient (Wildman–Crippen LogP) is 3.03. The minimum Gasteiger partial charge on any atom is -0.508 e. The molecule has 0 bridgehead atoms. The van der Waals surface area contributed by atoms with Crippen LogP contribution in [0.25, 0.3) is 11.2 Å². The number of phenolic OH excluding ortho intramolecular Hbond substituents is 2. The van der Waals surface area contributed by atoms with E-state index in [1.807, 2.05) is 0 Å². The average Bonchev–Trinajstić information content (AvgIpc) is 3.12. The molecule has 0 amide bonds. The van der Waals surface area contributed by atoms with Gasteiger partial charge in [-0.15, -0.1) is 0 Å². The van der Waals surface area contributed by atoms with Gasteiger partial charge in [-0.1, -0.05) is 45.4 Å². The summed E-state index contributed by atoms with van der Waals surface area (Å²) in [7, 11) is 1.55. The molecule has 32 heavy (non-hydrogen) atoms. The van der Waals surface area contributed by atoms with Gasteiger partial charge in [-0.2, -0.15) is 10.1 Å². The fraction of sp³-hybridized carbons (Fsp3) is 0.455. The van der Waals surface area contributed by atoms with Gasteiger partial charge in [0.1, 0.15) is 11.5 Å². The van der Waals surface area contributed by atoms with Crippen LogP contribution in [0.5, 0.6) is 11.5 Å². The van der Waals surface area contributed by atoms with Crippen LogP contribution < -0.4 is 16.7 Å². The smallest absolute Gasteiger partial charge is 0.329 e. The molecule has 1 aromatic carbocycles. The lowest BCUT2D eigenvalue weighted by Gasteiger charge is -2.08. The number of hydrazone groups is 1. The molecule has 10 heteroatoms. The normalized spacial score (nSPS) is 11.6. The standard InChI is InChI=1S/C22H30N6O4/c1-3-4-5-6-7-8-9-12-28-18-19(27(2)22(32)25-20(18)31)24-21(28)26-23-14-15-10-11-16(29)13-17(15)30/h10-11,13-14,29-30H,3-9,12H2,1-2H3,(H,24,26)(H,25,31,32)/b23-14-. The summed E-state index contributed by atoms with van der Waals surface area (Å²) in [5.74, 6) is 0.155. The number of aromatic hydroxyl groups is 2. The van der Waals surface area contributed by atoms with E-state index in [0.29, 0.717) is 23.6 Å². The van der Waals surface area contributed by atoms with E-state index in [0.717, 1.165) is 19.3 Å². The van der Waals surface area contributed by atoms with Gasteiger partial charge in [0, 0.05) is 25.2 Å². The molecular weight excluding hydrogens is 412 g/mol. The molecule has 0 spiro atoms. The number of hydrogen-bond donors (Lipinski definition) is 4. The zero-order chi connectivity index (χ0) is 23.1. The number of H-pyrrole nitrogens is 1. The van der Waals surface area contributed by atoms with E-state index in [9.17, 15) is 19.8 Å². The van der Waals surface area contributed by atoms with Crippen molar-refractivity contribution in [2.75, 3.05) is 5.43 Å². The third-order valence-electron chi connectivity index (χ3n) is 5.37. The molecule has 3 aromatic rings. The Kier molecular flexibility index (Phi) is 7.69. The molecule has 0 unspecified atom stereocenters. The van der Waals surface area contributed by atoms with Gasteiger partial charge in [0.15, 0.2) is 11.2 Å². The molecule has 4 N–H and O–H groups in total. The number of hydrogen-bond acceptors (Lipinski definition) is 7. The van der Waals surface area contributed by atoms with Crippen LogP contribution in [0.15, 0.2) is 32.9 Å². The summed E-state index contributed by atoms with van der Waals surface area (Å²) in [6.07, 6.45) is 9.28. The number of unbranched alkanes of at least 4 members (excludes halogenated alkanes) is 6. The number of aryl methyl sites for hydroxylation is 2. The molecule has 0 aliphatic rings. The number of rotatable bonds is 11. The van der Waals surface area contributed by atoms with E-state index in [2.05, 4.69) is 27.4 Å². The number of benzene rings is 1. The number of fused-ring (bicyclic) bond motifs is 1.